The molecule has 0 radical (unpaired) electrons. The molecule has 2 atom stereocenters. The molecular formula is C14H15NO3S3. The first-order chi connectivity index (χ1) is 9.95. The molecule has 7 heteroatoms. The van der Waals surface area contributed by atoms with Crippen LogP contribution in [-0.2, 0) is 9.59 Å². The number of rotatable bonds is 5. The molecule has 0 saturated carbocycles. The second-order valence-corrected chi connectivity index (χ2v) is 7.39. The monoisotopic (exact) mass is 341 g/mol. The lowest BCUT2D eigenvalue weighted by atomic mass is 9.98. The zero-order valence-corrected chi connectivity index (χ0v) is 14.1. The largest absolute Gasteiger partial charge is 0.480 e. The smallest absolute Gasteiger partial charge is 0.327 e. The number of thioether (sulfide) groups is 1. The van der Waals surface area contributed by atoms with Crippen LogP contribution >= 0.6 is 35.3 Å². The van der Waals surface area contributed by atoms with E-state index in [1.165, 1.54) is 28.0 Å². The second-order valence-electron chi connectivity index (χ2n) is 4.74. The number of carbonyl (C=O) groups is 2. The summed E-state index contributed by atoms with van der Waals surface area (Å²) >= 11 is 7.91. The van der Waals surface area contributed by atoms with E-state index in [-0.39, 0.29) is 11.8 Å². The highest BCUT2D eigenvalue weighted by molar-refractivity contribution is 8.26. The van der Waals surface area contributed by atoms with Gasteiger partial charge in [0, 0.05) is 4.88 Å². The minimum atomic E-state index is -1.02. The Kier molecular flexibility index (Phi) is 5.18. The standard InChI is InChI=1S/C14H15NO3S3/c1-3-8(2)11(13(17)18)15-12(16)10(21-14(15)19)7-9-5-4-6-20-9/h4-8,11H,3H2,1-2H3,(H,17,18)/b10-7-. The molecule has 2 heterocycles. The van der Waals surface area contributed by atoms with E-state index in [9.17, 15) is 14.7 Å². The SMILES string of the molecule is CCC(C)C(C(=O)O)N1C(=O)/C(=C/c2cccs2)SC1=S. The zero-order valence-electron chi connectivity index (χ0n) is 11.6. The first kappa shape index (κ1) is 16.2. The van der Waals surface area contributed by atoms with E-state index < -0.39 is 12.0 Å². The molecule has 0 spiro atoms. The van der Waals surface area contributed by atoms with Gasteiger partial charge in [0.15, 0.2) is 0 Å². The highest BCUT2D eigenvalue weighted by Gasteiger charge is 2.42. The highest BCUT2D eigenvalue weighted by Crippen LogP contribution is 2.36. The minimum Gasteiger partial charge on any atom is -0.480 e. The normalized spacial score (nSPS) is 20.1. The van der Waals surface area contributed by atoms with Crippen LogP contribution in [0.1, 0.15) is 25.1 Å². The van der Waals surface area contributed by atoms with Crippen LogP contribution in [0.4, 0.5) is 0 Å². The van der Waals surface area contributed by atoms with Gasteiger partial charge in [0.05, 0.1) is 4.91 Å². The third-order valence-corrected chi connectivity index (χ3v) is 5.50. The van der Waals surface area contributed by atoms with Crippen molar-refractivity contribution >= 4 is 57.6 Å². The van der Waals surface area contributed by atoms with E-state index in [2.05, 4.69) is 0 Å². The number of aliphatic carboxylic acids is 1. The molecule has 4 nitrogen and oxygen atoms in total. The predicted molar refractivity (Wildman–Crippen MR) is 90.2 cm³/mol. The lowest BCUT2D eigenvalue weighted by molar-refractivity contribution is -0.147. The molecular weight excluding hydrogens is 326 g/mol. The summed E-state index contributed by atoms with van der Waals surface area (Å²) < 4.78 is 0.315. The molecule has 0 aromatic carbocycles. The van der Waals surface area contributed by atoms with Crippen LogP contribution in [0.3, 0.4) is 0 Å². The van der Waals surface area contributed by atoms with E-state index in [0.717, 1.165) is 4.88 Å². The van der Waals surface area contributed by atoms with E-state index in [0.29, 0.717) is 15.6 Å². The Labute approximate surface area is 136 Å². The predicted octanol–water partition coefficient (Wildman–Crippen LogP) is 3.45. The Morgan fingerprint density at radius 2 is 2.29 bits per heavy atom. The molecule has 2 unspecified atom stereocenters. The van der Waals surface area contributed by atoms with Crippen molar-refractivity contribution in [3.8, 4) is 0 Å². The number of nitrogens with zero attached hydrogens (tertiary/aromatic N) is 1. The van der Waals surface area contributed by atoms with Gasteiger partial charge in [-0.15, -0.1) is 11.3 Å². The van der Waals surface area contributed by atoms with E-state index in [1.807, 2.05) is 31.4 Å². The van der Waals surface area contributed by atoms with Gasteiger partial charge in [-0.3, -0.25) is 9.69 Å². The minimum absolute atomic E-state index is 0.161. The van der Waals surface area contributed by atoms with Gasteiger partial charge >= 0.3 is 5.97 Å². The number of amides is 1. The van der Waals surface area contributed by atoms with Crippen molar-refractivity contribution < 1.29 is 14.7 Å². The van der Waals surface area contributed by atoms with Crippen LogP contribution in [0.15, 0.2) is 22.4 Å². The summed E-state index contributed by atoms with van der Waals surface area (Å²) in [7, 11) is 0. The summed E-state index contributed by atoms with van der Waals surface area (Å²) in [6, 6.07) is 2.90. The van der Waals surface area contributed by atoms with Gasteiger partial charge in [0.1, 0.15) is 10.4 Å². The van der Waals surface area contributed by atoms with Crippen LogP contribution < -0.4 is 0 Å². The topological polar surface area (TPSA) is 57.6 Å². The molecule has 21 heavy (non-hydrogen) atoms. The molecule has 1 aromatic heterocycles. The Bertz CT molecular complexity index is 595. The summed E-state index contributed by atoms with van der Waals surface area (Å²) in [5.41, 5.74) is 0. The number of thiocarbonyl (C=S) groups is 1. The lowest BCUT2D eigenvalue weighted by Crippen LogP contribution is -2.47. The quantitative estimate of drug-likeness (QED) is 0.657. The molecule has 1 saturated heterocycles. The van der Waals surface area contributed by atoms with Crippen molar-refractivity contribution in [3.05, 3.63) is 27.3 Å². The van der Waals surface area contributed by atoms with Crippen molar-refractivity contribution in [1.29, 1.82) is 0 Å². The first-order valence-corrected chi connectivity index (χ1v) is 8.59. The number of hydrogen-bond donors (Lipinski definition) is 1. The lowest BCUT2D eigenvalue weighted by Gasteiger charge is -2.27. The molecule has 0 aliphatic carbocycles. The van der Waals surface area contributed by atoms with Gasteiger partial charge in [0.2, 0.25) is 0 Å². The summed E-state index contributed by atoms with van der Waals surface area (Å²) in [5.74, 6) is -1.49. The number of carbonyl (C=O) groups excluding carboxylic acids is 1. The van der Waals surface area contributed by atoms with Gasteiger partial charge < -0.3 is 5.11 Å². The molecule has 2 rings (SSSR count). The summed E-state index contributed by atoms with van der Waals surface area (Å²) in [6.45, 7) is 3.72. The maximum absolute atomic E-state index is 12.5. The summed E-state index contributed by atoms with van der Waals surface area (Å²) in [4.78, 5) is 26.7. The van der Waals surface area contributed by atoms with Crippen molar-refractivity contribution in [2.24, 2.45) is 5.92 Å². The van der Waals surface area contributed by atoms with Crippen LogP contribution in [0.25, 0.3) is 6.08 Å². The number of hydrogen-bond acceptors (Lipinski definition) is 5. The van der Waals surface area contributed by atoms with Crippen molar-refractivity contribution in [2.45, 2.75) is 26.3 Å². The van der Waals surface area contributed by atoms with Gasteiger partial charge in [-0.1, -0.05) is 50.3 Å². The molecule has 1 aromatic rings. The maximum Gasteiger partial charge on any atom is 0.327 e. The Balaban J connectivity index is 2.31. The molecule has 1 N–H and O–H groups in total. The Morgan fingerprint density at radius 1 is 1.57 bits per heavy atom. The number of carboxylic acid groups (broad SMARTS) is 1. The van der Waals surface area contributed by atoms with Crippen molar-refractivity contribution in [3.63, 3.8) is 0 Å². The first-order valence-electron chi connectivity index (χ1n) is 6.49. The van der Waals surface area contributed by atoms with Crippen LogP contribution in [-0.4, -0.2) is 32.2 Å². The van der Waals surface area contributed by atoms with Gasteiger partial charge in [-0.2, -0.15) is 0 Å². The van der Waals surface area contributed by atoms with Gasteiger partial charge in [-0.25, -0.2) is 4.79 Å². The van der Waals surface area contributed by atoms with Crippen LogP contribution in [0.2, 0.25) is 0 Å². The molecule has 112 valence electrons. The third kappa shape index (κ3) is 3.36. The van der Waals surface area contributed by atoms with E-state index >= 15 is 0 Å². The Morgan fingerprint density at radius 3 is 2.81 bits per heavy atom. The van der Waals surface area contributed by atoms with Crippen LogP contribution in [0.5, 0.6) is 0 Å². The number of thiophene rings is 1. The molecule has 1 amide bonds. The molecule has 1 fully saturated rings. The van der Waals surface area contributed by atoms with Crippen molar-refractivity contribution in [1.82, 2.24) is 4.90 Å². The van der Waals surface area contributed by atoms with Gasteiger partial charge in [-0.05, 0) is 23.4 Å². The molecule has 1 aliphatic heterocycles. The van der Waals surface area contributed by atoms with Crippen LogP contribution in [0, 0.1) is 5.92 Å². The number of carboxylic acids is 1. The zero-order chi connectivity index (χ0) is 15.6. The molecule has 1 aliphatic rings. The maximum atomic E-state index is 12.5. The highest BCUT2D eigenvalue weighted by atomic mass is 32.2. The summed E-state index contributed by atoms with van der Waals surface area (Å²) in [6.07, 6.45) is 2.43. The fraction of sp³-hybridized carbons (Fsp3) is 0.357. The average Bonchev–Trinajstić information content (AvgIpc) is 3.02. The molecule has 0 bridgehead atoms. The van der Waals surface area contributed by atoms with E-state index in [1.54, 1.807) is 6.08 Å². The summed E-state index contributed by atoms with van der Waals surface area (Å²) in [5, 5.41) is 11.4. The fourth-order valence-electron chi connectivity index (χ4n) is 2.05. The van der Waals surface area contributed by atoms with Crippen molar-refractivity contribution in [2.75, 3.05) is 0 Å². The van der Waals surface area contributed by atoms with Gasteiger partial charge in [0.25, 0.3) is 5.91 Å². The Hall–Kier alpha value is -1.18. The second kappa shape index (κ2) is 6.72. The third-order valence-electron chi connectivity index (χ3n) is 3.35. The fourth-order valence-corrected chi connectivity index (χ4v) is 4.11. The average molecular weight is 341 g/mol. The van der Waals surface area contributed by atoms with E-state index in [4.69, 9.17) is 12.2 Å².